The average molecular weight is 267 g/mol. The van der Waals surface area contributed by atoms with Crippen molar-refractivity contribution in [3.63, 3.8) is 0 Å². The molecule has 1 fully saturated rings. The van der Waals surface area contributed by atoms with Crippen molar-refractivity contribution in [3.8, 4) is 11.3 Å². The van der Waals surface area contributed by atoms with Crippen molar-refractivity contribution in [1.29, 1.82) is 0 Å². The van der Waals surface area contributed by atoms with E-state index in [1.165, 1.54) is 24.0 Å². The van der Waals surface area contributed by atoms with Crippen molar-refractivity contribution in [1.82, 2.24) is 9.97 Å². The third-order valence-corrected chi connectivity index (χ3v) is 3.98. The Balaban J connectivity index is 2.07. The lowest BCUT2D eigenvalue weighted by molar-refractivity contribution is 0.924. The number of aryl methyl sites for hydroxylation is 1. The molecule has 2 aromatic rings. The quantitative estimate of drug-likeness (QED) is 0.912. The minimum atomic E-state index is 0.566. The highest BCUT2D eigenvalue weighted by molar-refractivity contribution is 5.68. The first kappa shape index (κ1) is 13.1. The van der Waals surface area contributed by atoms with Gasteiger partial charge in [0.05, 0.1) is 5.69 Å². The van der Waals surface area contributed by atoms with E-state index >= 15 is 0 Å². The summed E-state index contributed by atoms with van der Waals surface area (Å²) in [5.41, 5.74) is 4.73. The van der Waals surface area contributed by atoms with Crippen molar-refractivity contribution in [3.05, 3.63) is 41.2 Å². The molecule has 1 saturated carbocycles. The largest absolute Gasteiger partial charge is 0.373 e. The van der Waals surface area contributed by atoms with Gasteiger partial charge in [0.2, 0.25) is 0 Å². The number of benzene rings is 1. The summed E-state index contributed by atoms with van der Waals surface area (Å²) in [6, 6.07) is 8.72. The van der Waals surface area contributed by atoms with Crippen LogP contribution in [-0.4, -0.2) is 17.0 Å². The molecule has 0 amide bonds. The molecule has 104 valence electrons. The van der Waals surface area contributed by atoms with E-state index in [2.05, 4.69) is 48.4 Å². The number of hydrogen-bond donors (Lipinski definition) is 1. The summed E-state index contributed by atoms with van der Waals surface area (Å²) in [6.07, 6.45) is 3.51. The Morgan fingerprint density at radius 1 is 1.15 bits per heavy atom. The summed E-state index contributed by atoms with van der Waals surface area (Å²) < 4.78 is 0. The molecule has 0 saturated heterocycles. The van der Waals surface area contributed by atoms with Crippen LogP contribution in [0.3, 0.4) is 0 Å². The van der Waals surface area contributed by atoms with Gasteiger partial charge in [0, 0.05) is 24.1 Å². The lowest BCUT2D eigenvalue weighted by Gasteiger charge is -2.12. The van der Waals surface area contributed by atoms with E-state index in [-0.39, 0.29) is 0 Å². The molecule has 20 heavy (non-hydrogen) atoms. The second-order valence-electron chi connectivity index (χ2n) is 5.48. The van der Waals surface area contributed by atoms with Crippen LogP contribution in [0, 0.1) is 6.92 Å². The Kier molecular flexibility index (Phi) is 3.43. The number of anilines is 1. The smallest absolute Gasteiger partial charge is 0.134 e. The molecule has 0 unspecified atom stereocenters. The van der Waals surface area contributed by atoms with Gasteiger partial charge in [-0.15, -0.1) is 0 Å². The fourth-order valence-corrected chi connectivity index (χ4v) is 2.48. The number of rotatable bonds is 4. The molecule has 1 aliphatic rings. The summed E-state index contributed by atoms with van der Waals surface area (Å²) in [6.45, 7) is 4.26. The number of nitrogens with zero attached hydrogens (tertiary/aromatic N) is 2. The van der Waals surface area contributed by atoms with Crippen LogP contribution in [0.5, 0.6) is 0 Å². The summed E-state index contributed by atoms with van der Waals surface area (Å²) in [5.74, 6) is 2.52. The number of aromatic nitrogens is 2. The molecule has 0 bridgehead atoms. The van der Waals surface area contributed by atoms with Crippen LogP contribution in [0.4, 0.5) is 5.82 Å². The SMILES string of the molecule is CCc1ccc(-c2nc(C3CC3)nc(NC)c2C)cc1. The van der Waals surface area contributed by atoms with Crippen LogP contribution < -0.4 is 5.32 Å². The van der Waals surface area contributed by atoms with Gasteiger partial charge in [-0.05, 0) is 31.7 Å². The minimum absolute atomic E-state index is 0.566. The Morgan fingerprint density at radius 2 is 1.85 bits per heavy atom. The molecule has 0 atom stereocenters. The summed E-state index contributed by atoms with van der Waals surface area (Å²) in [5, 5.41) is 3.20. The molecule has 1 aliphatic carbocycles. The second-order valence-corrected chi connectivity index (χ2v) is 5.48. The van der Waals surface area contributed by atoms with E-state index < -0.39 is 0 Å². The van der Waals surface area contributed by atoms with Gasteiger partial charge in [-0.2, -0.15) is 0 Å². The maximum absolute atomic E-state index is 4.82. The molecule has 3 heteroatoms. The third kappa shape index (κ3) is 2.40. The lowest BCUT2D eigenvalue weighted by atomic mass is 10.0. The predicted octanol–water partition coefficient (Wildman–Crippen LogP) is 3.93. The van der Waals surface area contributed by atoms with Gasteiger partial charge in [-0.25, -0.2) is 9.97 Å². The first-order valence-corrected chi connectivity index (χ1v) is 7.38. The minimum Gasteiger partial charge on any atom is -0.373 e. The maximum Gasteiger partial charge on any atom is 0.134 e. The van der Waals surface area contributed by atoms with Crippen LogP contribution in [0.1, 0.15) is 42.6 Å². The molecule has 3 nitrogen and oxygen atoms in total. The normalized spacial score (nSPS) is 14.3. The first-order chi connectivity index (χ1) is 9.72. The molecule has 1 aromatic heterocycles. The highest BCUT2D eigenvalue weighted by Crippen LogP contribution is 2.40. The molecular formula is C17H21N3. The van der Waals surface area contributed by atoms with Gasteiger partial charge in [0.1, 0.15) is 11.6 Å². The molecule has 1 heterocycles. The topological polar surface area (TPSA) is 37.8 Å². The maximum atomic E-state index is 4.82. The van der Waals surface area contributed by atoms with E-state index in [0.717, 1.165) is 29.3 Å². The summed E-state index contributed by atoms with van der Waals surface area (Å²) in [4.78, 5) is 9.47. The van der Waals surface area contributed by atoms with Crippen molar-refractivity contribution in [2.75, 3.05) is 12.4 Å². The van der Waals surface area contributed by atoms with Crippen LogP contribution in [-0.2, 0) is 6.42 Å². The monoisotopic (exact) mass is 267 g/mol. The molecule has 1 aromatic carbocycles. The van der Waals surface area contributed by atoms with E-state index in [9.17, 15) is 0 Å². The molecule has 0 spiro atoms. The molecule has 0 radical (unpaired) electrons. The summed E-state index contributed by atoms with van der Waals surface area (Å²) in [7, 11) is 1.93. The molecule has 0 aliphatic heterocycles. The number of hydrogen-bond acceptors (Lipinski definition) is 3. The zero-order valence-electron chi connectivity index (χ0n) is 12.4. The fourth-order valence-electron chi connectivity index (χ4n) is 2.48. The summed E-state index contributed by atoms with van der Waals surface area (Å²) >= 11 is 0. The van der Waals surface area contributed by atoms with Crippen molar-refractivity contribution < 1.29 is 0 Å². The molecule has 3 rings (SSSR count). The van der Waals surface area contributed by atoms with E-state index in [1.54, 1.807) is 0 Å². The van der Waals surface area contributed by atoms with E-state index in [1.807, 2.05) is 7.05 Å². The Labute approximate surface area is 120 Å². The van der Waals surface area contributed by atoms with Gasteiger partial charge in [0.15, 0.2) is 0 Å². The zero-order chi connectivity index (χ0) is 14.1. The van der Waals surface area contributed by atoms with Gasteiger partial charge in [-0.3, -0.25) is 0 Å². The zero-order valence-corrected chi connectivity index (χ0v) is 12.4. The van der Waals surface area contributed by atoms with E-state index in [4.69, 9.17) is 4.98 Å². The van der Waals surface area contributed by atoms with Gasteiger partial charge in [-0.1, -0.05) is 31.2 Å². The number of nitrogens with one attached hydrogen (secondary N) is 1. The van der Waals surface area contributed by atoms with E-state index in [0.29, 0.717) is 5.92 Å². The van der Waals surface area contributed by atoms with Crippen LogP contribution in [0.2, 0.25) is 0 Å². The van der Waals surface area contributed by atoms with Crippen LogP contribution in [0.15, 0.2) is 24.3 Å². The third-order valence-electron chi connectivity index (χ3n) is 3.98. The molecule has 1 N–H and O–H groups in total. The van der Waals surface area contributed by atoms with Crippen LogP contribution >= 0.6 is 0 Å². The molecular weight excluding hydrogens is 246 g/mol. The Hall–Kier alpha value is -1.90. The van der Waals surface area contributed by atoms with Crippen molar-refractivity contribution in [2.45, 2.75) is 39.0 Å². The Bertz CT molecular complexity index is 613. The lowest BCUT2D eigenvalue weighted by Crippen LogP contribution is -2.04. The predicted molar refractivity (Wildman–Crippen MR) is 83.1 cm³/mol. The first-order valence-electron chi connectivity index (χ1n) is 7.38. The highest BCUT2D eigenvalue weighted by atomic mass is 15.0. The van der Waals surface area contributed by atoms with Gasteiger partial charge in [0.25, 0.3) is 0 Å². The van der Waals surface area contributed by atoms with Crippen LogP contribution in [0.25, 0.3) is 11.3 Å². The Morgan fingerprint density at radius 3 is 2.40 bits per heavy atom. The van der Waals surface area contributed by atoms with Gasteiger partial charge >= 0.3 is 0 Å². The van der Waals surface area contributed by atoms with Crippen molar-refractivity contribution >= 4 is 5.82 Å². The standard InChI is InChI=1S/C17H21N3/c1-4-12-5-7-13(8-6-12)15-11(2)16(18-3)20-17(19-15)14-9-10-14/h5-8,14H,4,9-10H2,1-3H3,(H,18,19,20). The second kappa shape index (κ2) is 5.23. The highest BCUT2D eigenvalue weighted by Gasteiger charge is 2.28. The van der Waals surface area contributed by atoms with Crippen molar-refractivity contribution in [2.24, 2.45) is 0 Å². The van der Waals surface area contributed by atoms with Gasteiger partial charge < -0.3 is 5.32 Å². The fraction of sp³-hybridized carbons (Fsp3) is 0.412. The average Bonchev–Trinajstić information content (AvgIpc) is 3.32.